The molecule has 1 amide bonds. The number of aliphatic hydroxyl groups is 4. The van der Waals surface area contributed by atoms with Crippen molar-refractivity contribution in [2.24, 2.45) is 0 Å². The van der Waals surface area contributed by atoms with Gasteiger partial charge in [0.1, 0.15) is 12.2 Å². The number of allylic oxidation sites excluding steroid dienone is 2. The number of aliphatic hydroxyl groups excluding tert-OH is 4. The van der Waals surface area contributed by atoms with E-state index >= 15 is 0 Å². The lowest BCUT2D eigenvalue weighted by atomic mass is 9.99. The predicted octanol–water partition coefficient (Wildman–Crippen LogP) is 8.67. The first-order valence-corrected chi connectivity index (χ1v) is 18.6. The van der Waals surface area contributed by atoms with E-state index in [1.807, 2.05) is 0 Å². The van der Waals surface area contributed by atoms with E-state index in [1.165, 1.54) is 116 Å². The van der Waals surface area contributed by atoms with Crippen molar-refractivity contribution in [3.63, 3.8) is 0 Å². The number of hydrogen-bond donors (Lipinski definition) is 5. The molecule has 4 atom stereocenters. The number of carbonyl (C=O) groups is 1. The highest BCUT2D eigenvalue weighted by Gasteiger charge is 2.28. The summed E-state index contributed by atoms with van der Waals surface area (Å²) in [5.41, 5.74) is 0. The van der Waals surface area contributed by atoms with E-state index in [2.05, 4.69) is 31.3 Å². The molecule has 0 saturated carbocycles. The van der Waals surface area contributed by atoms with E-state index < -0.39 is 36.9 Å². The van der Waals surface area contributed by atoms with Crippen LogP contribution in [-0.2, 0) is 4.79 Å². The zero-order chi connectivity index (χ0) is 31.8. The van der Waals surface area contributed by atoms with Gasteiger partial charge in [-0.05, 0) is 38.5 Å². The van der Waals surface area contributed by atoms with Crippen molar-refractivity contribution in [2.45, 2.75) is 212 Å². The van der Waals surface area contributed by atoms with Gasteiger partial charge < -0.3 is 25.7 Å². The van der Waals surface area contributed by atoms with Crippen LogP contribution in [0.4, 0.5) is 0 Å². The molecule has 0 aromatic heterocycles. The fourth-order valence-corrected chi connectivity index (χ4v) is 5.69. The molecule has 5 N–H and O–H groups in total. The topological polar surface area (TPSA) is 110 Å². The Hall–Kier alpha value is -0.950. The van der Waals surface area contributed by atoms with E-state index in [9.17, 15) is 25.2 Å². The monoisotopic (exact) mass is 612 g/mol. The van der Waals surface area contributed by atoms with Gasteiger partial charge in [-0.2, -0.15) is 0 Å². The van der Waals surface area contributed by atoms with Crippen LogP contribution in [0.25, 0.3) is 0 Å². The lowest BCUT2D eigenvalue weighted by Crippen LogP contribution is -2.53. The lowest BCUT2D eigenvalue weighted by Gasteiger charge is -2.27. The van der Waals surface area contributed by atoms with E-state index in [-0.39, 0.29) is 0 Å². The SMILES string of the molecule is CCCCCCCCCCCCC/C=C\CCCCCCCCC(O)C(=O)NC(CO)C(O)C(O)CCCCCCCC. The molecule has 0 aromatic carbocycles. The van der Waals surface area contributed by atoms with Crippen molar-refractivity contribution in [3.05, 3.63) is 12.2 Å². The van der Waals surface area contributed by atoms with Crippen LogP contribution in [0, 0.1) is 0 Å². The Morgan fingerprint density at radius 1 is 0.558 bits per heavy atom. The summed E-state index contributed by atoms with van der Waals surface area (Å²) in [6, 6.07) is -0.981. The quantitative estimate of drug-likeness (QED) is 0.0377. The molecule has 0 bridgehead atoms. The fraction of sp³-hybridized carbons (Fsp3) is 0.919. The van der Waals surface area contributed by atoms with E-state index in [4.69, 9.17) is 0 Å². The Morgan fingerprint density at radius 2 is 0.930 bits per heavy atom. The molecule has 256 valence electrons. The summed E-state index contributed by atoms with van der Waals surface area (Å²) in [5.74, 6) is -0.593. The van der Waals surface area contributed by atoms with Crippen molar-refractivity contribution in [1.29, 1.82) is 0 Å². The maximum Gasteiger partial charge on any atom is 0.249 e. The summed E-state index contributed by atoms with van der Waals surface area (Å²) in [7, 11) is 0. The van der Waals surface area contributed by atoms with E-state index in [0.717, 1.165) is 44.9 Å². The molecule has 6 heteroatoms. The Morgan fingerprint density at radius 3 is 1.35 bits per heavy atom. The minimum atomic E-state index is -1.25. The number of amides is 1. The molecule has 4 unspecified atom stereocenters. The average molecular weight is 612 g/mol. The third kappa shape index (κ3) is 27.1. The van der Waals surface area contributed by atoms with E-state index in [0.29, 0.717) is 12.8 Å². The zero-order valence-corrected chi connectivity index (χ0v) is 28.5. The predicted molar refractivity (Wildman–Crippen MR) is 182 cm³/mol. The van der Waals surface area contributed by atoms with Crippen LogP contribution >= 0.6 is 0 Å². The van der Waals surface area contributed by atoms with Crippen molar-refractivity contribution in [3.8, 4) is 0 Å². The van der Waals surface area contributed by atoms with Gasteiger partial charge in [0, 0.05) is 0 Å². The minimum absolute atomic E-state index is 0.363. The Labute approximate surface area is 266 Å². The highest BCUT2D eigenvalue weighted by molar-refractivity contribution is 5.80. The van der Waals surface area contributed by atoms with Crippen LogP contribution in [0.1, 0.15) is 187 Å². The lowest BCUT2D eigenvalue weighted by molar-refractivity contribution is -0.132. The van der Waals surface area contributed by atoms with Crippen LogP contribution in [-0.4, -0.2) is 57.3 Å². The molecule has 43 heavy (non-hydrogen) atoms. The van der Waals surface area contributed by atoms with Crippen LogP contribution in [0.5, 0.6) is 0 Å². The molecule has 0 aliphatic carbocycles. The smallest absolute Gasteiger partial charge is 0.249 e. The molecule has 0 radical (unpaired) electrons. The summed E-state index contributed by atoms with van der Waals surface area (Å²) < 4.78 is 0. The van der Waals surface area contributed by atoms with Crippen LogP contribution in [0.3, 0.4) is 0 Å². The highest BCUT2D eigenvalue weighted by Crippen LogP contribution is 2.15. The number of rotatable bonds is 33. The Kier molecular flexibility index (Phi) is 31.7. The first-order chi connectivity index (χ1) is 21.0. The second kappa shape index (κ2) is 32.4. The zero-order valence-electron chi connectivity index (χ0n) is 28.5. The number of nitrogens with one attached hydrogen (secondary N) is 1. The van der Waals surface area contributed by atoms with Gasteiger partial charge in [0.15, 0.2) is 0 Å². The molecule has 0 aliphatic rings. The molecule has 0 rings (SSSR count). The summed E-state index contributed by atoms with van der Waals surface area (Å²) >= 11 is 0. The molecular formula is C37H73NO5. The minimum Gasteiger partial charge on any atom is -0.394 e. The van der Waals surface area contributed by atoms with Crippen LogP contribution in [0.2, 0.25) is 0 Å². The fourth-order valence-electron chi connectivity index (χ4n) is 5.69. The summed E-state index contributed by atoms with van der Waals surface area (Å²) in [5, 5.41) is 43.1. The van der Waals surface area contributed by atoms with Crippen molar-refractivity contribution in [1.82, 2.24) is 5.32 Å². The van der Waals surface area contributed by atoms with Gasteiger partial charge in [0.25, 0.3) is 0 Å². The van der Waals surface area contributed by atoms with Gasteiger partial charge in [0.2, 0.25) is 5.91 Å². The third-order valence-electron chi connectivity index (χ3n) is 8.73. The number of carbonyl (C=O) groups excluding carboxylic acids is 1. The molecule has 0 aromatic rings. The Balaban J connectivity index is 3.69. The van der Waals surface area contributed by atoms with Gasteiger partial charge in [-0.25, -0.2) is 0 Å². The maximum absolute atomic E-state index is 12.4. The number of unbranched alkanes of at least 4 members (excludes halogenated alkanes) is 22. The average Bonchev–Trinajstić information content (AvgIpc) is 3.01. The Bertz CT molecular complexity index is 614. The first kappa shape index (κ1) is 42.0. The van der Waals surface area contributed by atoms with Gasteiger partial charge in [-0.1, -0.05) is 161 Å². The third-order valence-corrected chi connectivity index (χ3v) is 8.73. The summed E-state index contributed by atoms with van der Waals surface area (Å²) in [6.07, 6.45) is 32.7. The maximum atomic E-state index is 12.4. The van der Waals surface area contributed by atoms with Gasteiger partial charge in [0.05, 0.1) is 18.8 Å². The normalized spacial score (nSPS) is 14.7. The largest absolute Gasteiger partial charge is 0.394 e. The molecule has 0 heterocycles. The van der Waals surface area contributed by atoms with Crippen LogP contribution in [0.15, 0.2) is 12.2 Å². The molecule has 0 saturated heterocycles. The molecule has 6 nitrogen and oxygen atoms in total. The molecule has 0 spiro atoms. The summed E-state index contributed by atoms with van der Waals surface area (Å²) in [6.45, 7) is 3.96. The van der Waals surface area contributed by atoms with Crippen molar-refractivity contribution in [2.75, 3.05) is 6.61 Å². The second-order valence-electron chi connectivity index (χ2n) is 12.9. The van der Waals surface area contributed by atoms with Crippen LogP contribution < -0.4 is 5.32 Å². The van der Waals surface area contributed by atoms with Gasteiger partial charge in [-0.15, -0.1) is 0 Å². The standard InChI is InChI=1S/C37H73NO5/c1-3-5-7-9-11-12-13-14-15-16-17-18-19-20-21-22-23-24-25-27-29-31-35(41)37(43)38-33(32-39)36(42)34(40)30-28-26-10-8-6-4-2/h19-20,33-36,39-42H,3-18,21-32H2,1-2H3,(H,38,43)/b20-19-. The molecule has 0 aliphatic heterocycles. The number of hydrogen-bond acceptors (Lipinski definition) is 5. The second-order valence-corrected chi connectivity index (χ2v) is 12.9. The van der Waals surface area contributed by atoms with E-state index in [1.54, 1.807) is 0 Å². The molecular weight excluding hydrogens is 538 g/mol. The first-order valence-electron chi connectivity index (χ1n) is 18.6. The van der Waals surface area contributed by atoms with Crippen molar-refractivity contribution < 1.29 is 25.2 Å². The van der Waals surface area contributed by atoms with Gasteiger partial charge in [-0.3, -0.25) is 4.79 Å². The summed E-state index contributed by atoms with van der Waals surface area (Å²) in [4.78, 5) is 12.4. The van der Waals surface area contributed by atoms with Gasteiger partial charge >= 0.3 is 0 Å². The van der Waals surface area contributed by atoms with Crippen molar-refractivity contribution >= 4 is 5.91 Å². The molecule has 0 fully saturated rings. The highest BCUT2D eigenvalue weighted by atomic mass is 16.3.